The van der Waals surface area contributed by atoms with Crippen molar-refractivity contribution < 1.29 is 4.74 Å². The van der Waals surface area contributed by atoms with Gasteiger partial charge in [-0.15, -0.1) is 0 Å². The van der Waals surface area contributed by atoms with Crippen LogP contribution in [0.15, 0.2) is 22.9 Å². The number of hydrogen-bond acceptors (Lipinski definition) is 3. The Kier molecular flexibility index (Phi) is 3.83. The Morgan fingerprint density at radius 2 is 2.18 bits per heavy atom. The highest BCUT2D eigenvalue weighted by Crippen LogP contribution is 2.29. The lowest BCUT2D eigenvalue weighted by atomic mass is 10.3. The van der Waals surface area contributed by atoms with E-state index < -0.39 is 0 Å². The van der Waals surface area contributed by atoms with Crippen LogP contribution in [0.4, 0.5) is 0 Å². The Balaban J connectivity index is 2.36. The van der Waals surface area contributed by atoms with E-state index >= 15 is 0 Å². The lowest BCUT2D eigenvalue weighted by Crippen LogP contribution is -1.96. The first-order chi connectivity index (χ1) is 8.11. The molecule has 0 spiro atoms. The molecule has 6 heteroatoms. The van der Waals surface area contributed by atoms with Crippen molar-refractivity contribution in [2.24, 2.45) is 7.05 Å². The zero-order valence-corrected chi connectivity index (χ0v) is 12.6. The third-order valence-corrected chi connectivity index (χ3v) is 3.31. The molecule has 0 unspecified atom stereocenters. The molecule has 4 nitrogen and oxygen atoms in total. The molecule has 2 aromatic rings. The van der Waals surface area contributed by atoms with E-state index in [9.17, 15) is 0 Å². The first-order valence-corrected chi connectivity index (χ1v) is 6.90. The maximum absolute atomic E-state index is 5.81. The first kappa shape index (κ1) is 12.6. The lowest BCUT2D eigenvalue weighted by Gasteiger charge is -2.07. The number of rotatable bonds is 3. The van der Waals surface area contributed by atoms with Gasteiger partial charge < -0.3 is 4.74 Å². The minimum absolute atomic E-state index is 0.685. The van der Waals surface area contributed by atoms with Crippen LogP contribution in [0.3, 0.4) is 0 Å². The van der Waals surface area contributed by atoms with Gasteiger partial charge in [-0.25, -0.2) is 4.68 Å². The van der Waals surface area contributed by atoms with Crippen molar-refractivity contribution in [1.29, 1.82) is 0 Å². The zero-order valence-electron chi connectivity index (χ0n) is 9.44. The Hall–Kier alpha value is -0.880. The number of halogens is 2. The van der Waals surface area contributed by atoms with Crippen LogP contribution in [-0.4, -0.2) is 14.8 Å². The van der Waals surface area contributed by atoms with Crippen LogP contribution >= 0.6 is 31.9 Å². The largest absolute Gasteiger partial charge is 0.437 e. The minimum atomic E-state index is 0.685. The van der Waals surface area contributed by atoms with Gasteiger partial charge in [0.2, 0.25) is 5.88 Å². The van der Waals surface area contributed by atoms with E-state index in [4.69, 9.17) is 4.74 Å². The maximum atomic E-state index is 5.81. The third-order valence-electron chi connectivity index (χ3n) is 2.32. The van der Waals surface area contributed by atoms with E-state index in [2.05, 4.69) is 41.9 Å². The molecule has 2 heterocycles. The molecular formula is C11H11Br2N3O. The normalized spacial score (nSPS) is 10.6. The van der Waals surface area contributed by atoms with E-state index in [1.54, 1.807) is 17.1 Å². The molecule has 0 aliphatic carbocycles. The van der Waals surface area contributed by atoms with Gasteiger partial charge in [0.05, 0.1) is 11.9 Å². The predicted molar refractivity (Wildman–Crippen MR) is 72.6 cm³/mol. The predicted octanol–water partition coefficient (Wildman–Crippen LogP) is 3.57. The Labute approximate surface area is 116 Å². The van der Waals surface area contributed by atoms with Crippen LogP contribution in [0.25, 0.3) is 0 Å². The SMILES string of the molecule is Cc1nn(C)c(Oc2cncc(Br)c2)c1CBr. The van der Waals surface area contributed by atoms with Crippen molar-refractivity contribution in [1.82, 2.24) is 14.8 Å². The molecule has 0 amide bonds. The van der Waals surface area contributed by atoms with Crippen LogP contribution in [-0.2, 0) is 12.4 Å². The molecule has 2 rings (SSSR count). The smallest absolute Gasteiger partial charge is 0.221 e. The van der Waals surface area contributed by atoms with Gasteiger partial charge in [0.15, 0.2) is 0 Å². The summed E-state index contributed by atoms with van der Waals surface area (Å²) in [6.45, 7) is 1.96. The Morgan fingerprint density at radius 3 is 2.82 bits per heavy atom. The van der Waals surface area contributed by atoms with E-state index in [-0.39, 0.29) is 0 Å². The van der Waals surface area contributed by atoms with E-state index in [1.807, 2.05) is 20.0 Å². The number of alkyl halides is 1. The van der Waals surface area contributed by atoms with Gasteiger partial charge in [0.25, 0.3) is 0 Å². The summed E-state index contributed by atoms with van der Waals surface area (Å²) >= 11 is 6.80. The average Bonchev–Trinajstić information content (AvgIpc) is 2.53. The minimum Gasteiger partial charge on any atom is -0.437 e. The first-order valence-electron chi connectivity index (χ1n) is 4.98. The Morgan fingerprint density at radius 1 is 1.41 bits per heavy atom. The van der Waals surface area contributed by atoms with E-state index in [0.29, 0.717) is 11.1 Å². The van der Waals surface area contributed by atoms with E-state index in [0.717, 1.165) is 21.6 Å². The van der Waals surface area contributed by atoms with Gasteiger partial charge in [0, 0.05) is 28.6 Å². The molecule has 0 saturated heterocycles. The topological polar surface area (TPSA) is 39.9 Å². The van der Waals surface area contributed by atoms with Crippen LogP contribution in [0.2, 0.25) is 0 Å². The van der Waals surface area contributed by atoms with Crippen molar-refractivity contribution in [2.45, 2.75) is 12.3 Å². The number of ether oxygens (including phenoxy) is 1. The van der Waals surface area contributed by atoms with Crippen LogP contribution in [0.1, 0.15) is 11.3 Å². The fourth-order valence-corrected chi connectivity index (χ4v) is 2.51. The van der Waals surface area contributed by atoms with Crippen LogP contribution in [0, 0.1) is 6.92 Å². The zero-order chi connectivity index (χ0) is 12.4. The summed E-state index contributed by atoms with van der Waals surface area (Å²) in [4.78, 5) is 4.06. The molecule has 17 heavy (non-hydrogen) atoms. The number of hydrogen-bond donors (Lipinski definition) is 0. The molecule has 0 fully saturated rings. The van der Waals surface area contributed by atoms with Crippen molar-refractivity contribution in [2.75, 3.05) is 0 Å². The van der Waals surface area contributed by atoms with Crippen LogP contribution in [0.5, 0.6) is 11.6 Å². The lowest BCUT2D eigenvalue weighted by molar-refractivity contribution is 0.425. The van der Waals surface area contributed by atoms with Gasteiger partial charge in [-0.1, -0.05) is 15.9 Å². The van der Waals surface area contributed by atoms with E-state index in [1.165, 1.54) is 0 Å². The second-order valence-electron chi connectivity index (χ2n) is 3.57. The number of aryl methyl sites for hydroxylation is 2. The highest BCUT2D eigenvalue weighted by atomic mass is 79.9. The molecule has 0 saturated carbocycles. The quantitative estimate of drug-likeness (QED) is 0.785. The summed E-state index contributed by atoms with van der Waals surface area (Å²) in [5.74, 6) is 1.42. The Bertz CT molecular complexity index is 540. The van der Waals surface area contributed by atoms with Gasteiger partial charge in [-0.2, -0.15) is 5.10 Å². The molecule has 0 N–H and O–H groups in total. The molecule has 0 radical (unpaired) electrons. The standard InChI is InChI=1S/C11H11Br2N3O/c1-7-10(4-12)11(16(2)15-7)17-9-3-8(13)5-14-6-9/h3,5-6H,4H2,1-2H3. The molecule has 0 aliphatic heterocycles. The summed E-state index contributed by atoms with van der Waals surface area (Å²) in [5.41, 5.74) is 2.01. The highest BCUT2D eigenvalue weighted by Gasteiger charge is 2.14. The fourth-order valence-electron chi connectivity index (χ4n) is 1.52. The van der Waals surface area contributed by atoms with Crippen molar-refractivity contribution in [3.05, 3.63) is 34.2 Å². The summed E-state index contributed by atoms with van der Waals surface area (Å²) in [6, 6.07) is 1.87. The van der Waals surface area contributed by atoms with Crippen molar-refractivity contribution in [3.8, 4) is 11.6 Å². The van der Waals surface area contributed by atoms with Crippen molar-refractivity contribution >= 4 is 31.9 Å². The number of nitrogens with zero attached hydrogens (tertiary/aromatic N) is 3. The average molecular weight is 361 g/mol. The summed E-state index contributed by atoms with van der Waals surface area (Å²) < 4.78 is 8.42. The molecular weight excluding hydrogens is 350 g/mol. The van der Waals surface area contributed by atoms with Gasteiger partial charge in [-0.3, -0.25) is 4.98 Å². The second-order valence-corrected chi connectivity index (χ2v) is 5.04. The number of aromatic nitrogens is 3. The van der Waals surface area contributed by atoms with Gasteiger partial charge in [0.1, 0.15) is 5.75 Å². The molecule has 90 valence electrons. The van der Waals surface area contributed by atoms with Gasteiger partial charge in [-0.05, 0) is 28.9 Å². The summed E-state index contributed by atoms with van der Waals surface area (Å²) in [6.07, 6.45) is 3.39. The molecule has 0 bridgehead atoms. The van der Waals surface area contributed by atoms with Gasteiger partial charge >= 0.3 is 0 Å². The molecule has 0 aromatic carbocycles. The summed E-state index contributed by atoms with van der Waals surface area (Å²) in [5, 5.41) is 5.04. The summed E-state index contributed by atoms with van der Waals surface area (Å²) in [7, 11) is 1.86. The molecule has 0 atom stereocenters. The third kappa shape index (κ3) is 2.69. The monoisotopic (exact) mass is 359 g/mol. The van der Waals surface area contributed by atoms with Crippen molar-refractivity contribution in [3.63, 3.8) is 0 Å². The highest BCUT2D eigenvalue weighted by molar-refractivity contribution is 9.10. The second kappa shape index (κ2) is 5.18. The molecule has 2 aromatic heterocycles. The molecule has 0 aliphatic rings. The fraction of sp³-hybridized carbons (Fsp3) is 0.273. The maximum Gasteiger partial charge on any atom is 0.221 e. The number of pyridine rings is 1. The van der Waals surface area contributed by atoms with Crippen LogP contribution < -0.4 is 4.74 Å².